The van der Waals surface area contributed by atoms with Gasteiger partial charge in [-0.15, -0.1) is 0 Å². The van der Waals surface area contributed by atoms with E-state index in [-0.39, 0.29) is 11.7 Å². The third-order valence-electron chi connectivity index (χ3n) is 3.94. The second kappa shape index (κ2) is 6.53. The molecule has 0 fully saturated rings. The van der Waals surface area contributed by atoms with Gasteiger partial charge >= 0.3 is 0 Å². The van der Waals surface area contributed by atoms with E-state index in [4.69, 9.17) is 4.74 Å². The maximum Gasteiger partial charge on any atom is 0.145 e. The minimum atomic E-state index is -0.0469. The van der Waals surface area contributed by atoms with Crippen LogP contribution in [0, 0.1) is 0 Å². The average Bonchev–Trinajstić information content (AvgIpc) is 2.55. The van der Waals surface area contributed by atoms with Gasteiger partial charge < -0.3 is 4.74 Å². The predicted octanol–water partition coefficient (Wildman–Crippen LogP) is 3.54. The Hall–Kier alpha value is -2.16. The molecule has 3 rings (SSSR count). The number of aromatic nitrogens is 1. The van der Waals surface area contributed by atoms with Gasteiger partial charge in [-0.05, 0) is 43.0 Å². The zero-order valence-corrected chi connectivity index (χ0v) is 12.0. The van der Waals surface area contributed by atoms with Crippen LogP contribution < -0.4 is 4.74 Å². The quantitative estimate of drug-likeness (QED) is 0.841. The van der Waals surface area contributed by atoms with Gasteiger partial charge in [0.05, 0.1) is 18.2 Å². The molecular weight excluding hydrogens is 262 g/mol. The highest BCUT2D eigenvalue weighted by atomic mass is 16.5. The van der Waals surface area contributed by atoms with Crippen LogP contribution in [-0.2, 0) is 11.2 Å². The number of Topliss-reactive ketones (excluding diaryl/α,β-unsaturated/α-hetero) is 1. The van der Waals surface area contributed by atoms with Crippen molar-refractivity contribution in [1.82, 2.24) is 4.98 Å². The van der Waals surface area contributed by atoms with Crippen LogP contribution in [0.4, 0.5) is 0 Å². The highest BCUT2D eigenvalue weighted by Crippen LogP contribution is 2.31. The lowest BCUT2D eigenvalue weighted by Crippen LogP contribution is -2.21. The summed E-state index contributed by atoms with van der Waals surface area (Å²) in [4.78, 5) is 16.9. The first kappa shape index (κ1) is 13.8. The van der Waals surface area contributed by atoms with Crippen molar-refractivity contribution in [3.05, 3.63) is 59.9 Å². The molecule has 1 aromatic heterocycles. The van der Waals surface area contributed by atoms with Crippen LogP contribution in [0.5, 0.6) is 5.75 Å². The topological polar surface area (TPSA) is 39.2 Å². The molecule has 1 aliphatic rings. The van der Waals surface area contributed by atoms with Gasteiger partial charge in [-0.3, -0.25) is 9.78 Å². The number of ether oxygens (including phenoxy) is 1. The summed E-state index contributed by atoms with van der Waals surface area (Å²) in [5.41, 5.74) is 2.21. The molecule has 0 radical (unpaired) electrons. The second-order valence-electron chi connectivity index (χ2n) is 5.37. The van der Waals surface area contributed by atoms with Gasteiger partial charge in [0.15, 0.2) is 0 Å². The van der Waals surface area contributed by atoms with Crippen molar-refractivity contribution in [3.63, 3.8) is 0 Å². The number of pyridine rings is 1. The van der Waals surface area contributed by atoms with Crippen molar-refractivity contribution in [2.75, 3.05) is 6.61 Å². The number of hydrogen-bond acceptors (Lipinski definition) is 3. The molecule has 0 spiro atoms. The summed E-state index contributed by atoms with van der Waals surface area (Å²) in [7, 11) is 0. The first-order valence-corrected chi connectivity index (χ1v) is 7.49. The normalized spacial score (nSPS) is 17.0. The van der Waals surface area contributed by atoms with Gasteiger partial charge in [-0.2, -0.15) is 0 Å². The maximum atomic E-state index is 12.4. The van der Waals surface area contributed by atoms with Crippen LogP contribution in [0.2, 0.25) is 0 Å². The molecular formula is C18H19NO2. The lowest BCUT2D eigenvalue weighted by Gasteiger charge is -2.23. The zero-order valence-electron chi connectivity index (χ0n) is 12.0. The van der Waals surface area contributed by atoms with Crippen molar-refractivity contribution < 1.29 is 9.53 Å². The molecule has 3 nitrogen and oxygen atoms in total. The molecule has 2 aromatic rings. The number of hydrogen-bond donors (Lipinski definition) is 0. The number of aryl methyl sites for hydroxylation is 1. The van der Waals surface area contributed by atoms with E-state index in [9.17, 15) is 4.79 Å². The van der Waals surface area contributed by atoms with Crippen LogP contribution in [0.1, 0.15) is 36.4 Å². The maximum absolute atomic E-state index is 12.4. The number of benzene rings is 1. The van der Waals surface area contributed by atoms with Gasteiger partial charge in [0.1, 0.15) is 11.5 Å². The lowest BCUT2D eigenvalue weighted by molar-refractivity contribution is -0.121. The Morgan fingerprint density at radius 3 is 2.90 bits per heavy atom. The summed E-state index contributed by atoms with van der Waals surface area (Å²) >= 11 is 0. The summed E-state index contributed by atoms with van der Waals surface area (Å²) in [6.45, 7) is 0.432. The van der Waals surface area contributed by atoms with Gasteiger partial charge in [-0.25, -0.2) is 0 Å². The van der Waals surface area contributed by atoms with Crippen molar-refractivity contribution in [1.29, 1.82) is 0 Å². The molecule has 1 unspecified atom stereocenters. The van der Waals surface area contributed by atoms with Crippen LogP contribution >= 0.6 is 0 Å². The van der Waals surface area contributed by atoms with Crippen molar-refractivity contribution in [2.45, 2.75) is 31.6 Å². The molecule has 3 heteroatoms. The predicted molar refractivity (Wildman–Crippen MR) is 81.5 cm³/mol. The van der Waals surface area contributed by atoms with E-state index < -0.39 is 0 Å². The largest absolute Gasteiger partial charge is 0.493 e. The average molecular weight is 281 g/mol. The summed E-state index contributed by atoms with van der Waals surface area (Å²) < 4.78 is 5.61. The van der Waals surface area contributed by atoms with E-state index in [2.05, 4.69) is 11.1 Å². The number of rotatable bonds is 5. The molecule has 0 bridgehead atoms. The summed E-state index contributed by atoms with van der Waals surface area (Å²) in [5, 5.41) is 0. The van der Waals surface area contributed by atoms with Crippen LogP contribution in [0.3, 0.4) is 0 Å². The third-order valence-corrected chi connectivity index (χ3v) is 3.94. The summed E-state index contributed by atoms with van der Waals surface area (Å²) in [6.07, 6.45) is 5.23. The van der Waals surface area contributed by atoms with E-state index in [1.54, 1.807) is 6.20 Å². The molecule has 108 valence electrons. The molecule has 0 saturated heterocycles. The van der Waals surface area contributed by atoms with Crippen molar-refractivity contribution >= 4 is 5.78 Å². The minimum absolute atomic E-state index is 0.0469. The highest BCUT2D eigenvalue weighted by Gasteiger charge is 2.27. The molecule has 0 saturated carbocycles. The fraction of sp³-hybridized carbons (Fsp3) is 0.333. The smallest absolute Gasteiger partial charge is 0.145 e. The zero-order chi connectivity index (χ0) is 14.5. The summed E-state index contributed by atoms with van der Waals surface area (Å²) in [6, 6.07) is 13.6. The number of fused-ring (bicyclic) bond motifs is 1. The van der Waals surface area contributed by atoms with E-state index >= 15 is 0 Å². The van der Waals surface area contributed by atoms with Crippen LogP contribution in [-0.4, -0.2) is 17.4 Å². The standard InChI is InChI=1S/C18H19NO2/c20-17(11-13-21-15-8-2-1-3-9-15)16-10-4-6-14-7-5-12-19-18(14)16/h1-3,5,7-9,12,16H,4,6,10-11,13H2. The SMILES string of the molecule is O=C(CCOc1ccccc1)C1CCCc2cccnc21. The number of carbonyl (C=O) groups is 1. The Morgan fingerprint density at radius 1 is 1.19 bits per heavy atom. The first-order chi connectivity index (χ1) is 10.3. The molecule has 1 aromatic carbocycles. The number of para-hydroxylation sites is 1. The Bertz CT molecular complexity index is 610. The summed E-state index contributed by atoms with van der Waals surface area (Å²) in [5.74, 6) is 1.01. The number of nitrogens with zero attached hydrogens (tertiary/aromatic N) is 1. The van der Waals surface area contributed by atoms with Gasteiger partial charge in [0, 0.05) is 12.6 Å². The number of ketones is 1. The Morgan fingerprint density at radius 2 is 2.05 bits per heavy atom. The van der Waals surface area contributed by atoms with Gasteiger partial charge in [-0.1, -0.05) is 24.3 Å². The molecule has 0 N–H and O–H groups in total. The fourth-order valence-electron chi connectivity index (χ4n) is 2.88. The highest BCUT2D eigenvalue weighted by molar-refractivity contribution is 5.86. The van der Waals surface area contributed by atoms with Gasteiger partial charge in [0.2, 0.25) is 0 Å². The Kier molecular flexibility index (Phi) is 4.29. The Labute approximate surface area is 125 Å². The molecule has 1 atom stereocenters. The van der Waals surface area contributed by atoms with Crippen molar-refractivity contribution in [3.8, 4) is 5.75 Å². The lowest BCUT2D eigenvalue weighted by atomic mass is 9.83. The van der Waals surface area contributed by atoms with E-state index in [1.165, 1.54) is 5.56 Å². The third kappa shape index (κ3) is 3.30. The van der Waals surface area contributed by atoms with Crippen molar-refractivity contribution in [2.24, 2.45) is 0 Å². The van der Waals surface area contributed by atoms with E-state index in [0.717, 1.165) is 30.7 Å². The second-order valence-corrected chi connectivity index (χ2v) is 5.37. The molecule has 1 aliphatic carbocycles. The first-order valence-electron chi connectivity index (χ1n) is 7.49. The van der Waals surface area contributed by atoms with Gasteiger partial charge in [0.25, 0.3) is 0 Å². The minimum Gasteiger partial charge on any atom is -0.493 e. The molecule has 0 aliphatic heterocycles. The van der Waals surface area contributed by atoms with Crippen LogP contribution in [0.25, 0.3) is 0 Å². The Balaban J connectivity index is 1.59. The van der Waals surface area contributed by atoms with Crippen LogP contribution in [0.15, 0.2) is 48.7 Å². The number of carbonyl (C=O) groups excluding carboxylic acids is 1. The monoisotopic (exact) mass is 281 g/mol. The molecule has 1 heterocycles. The molecule has 0 amide bonds. The van der Waals surface area contributed by atoms with E-state index in [0.29, 0.717) is 13.0 Å². The fourth-order valence-corrected chi connectivity index (χ4v) is 2.88. The van der Waals surface area contributed by atoms with E-state index in [1.807, 2.05) is 36.4 Å². The molecule has 21 heavy (non-hydrogen) atoms.